The van der Waals surface area contributed by atoms with Gasteiger partial charge in [0.2, 0.25) is 5.91 Å². The van der Waals surface area contributed by atoms with E-state index in [1.54, 1.807) is 24.3 Å². The van der Waals surface area contributed by atoms with Crippen molar-refractivity contribution in [3.05, 3.63) is 29.8 Å². The van der Waals surface area contributed by atoms with Gasteiger partial charge in [0.05, 0.1) is 6.42 Å². The number of carboxylic acids is 1. The zero-order valence-corrected chi connectivity index (χ0v) is 11.5. The Bertz CT molecular complexity index is 559. The molecule has 7 nitrogen and oxygen atoms in total. The minimum absolute atomic E-state index is 0.00688. The second-order valence-electron chi connectivity index (χ2n) is 4.78. The maximum Gasteiger partial charge on any atom is 0.322 e. The first kappa shape index (κ1) is 14.8. The monoisotopic (exact) mass is 291 g/mol. The van der Waals surface area contributed by atoms with Gasteiger partial charge in [-0.2, -0.15) is 0 Å². The van der Waals surface area contributed by atoms with Gasteiger partial charge in [0, 0.05) is 18.8 Å². The van der Waals surface area contributed by atoms with Crippen LogP contribution in [0.3, 0.4) is 0 Å². The third-order valence-electron chi connectivity index (χ3n) is 3.15. The van der Waals surface area contributed by atoms with E-state index in [2.05, 4.69) is 10.6 Å². The van der Waals surface area contributed by atoms with Crippen molar-refractivity contribution in [2.24, 2.45) is 0 Å². The van der Waals surface area contributed by atoms with Gasteiger partial charge in [-0.05, 0) is 18.1 Å². The number of nitrogens with zero attached hydrogens (tertiary/aromatic N) is 1. The predicted octanol–water partition coefficient (Wildman–Crippen LogP) is 0.667. The Morgan fingerprint density at radius 1 is 1.33 bits per heavy atom. The summed E-state index contributed by atoms with van der Waals surface area (Å²) in [5.41, 5.74) is 0.979. The lowest BCUT2D eigenvalue weighted by Crippen LogP contribution is -2.40. The standard InChI is InChI=1S/C14H17N3O4/c18-12-9-17(7-3-6-15-12)14(21)16-11-5-2-1-4-10(11)8-13(19)20/h1-2,4-5H,3,6-9H2,(H,15,18)(H,16,21)(H,19,20). The summed E-state index contributed by atoms with van der Waals surface area (Å²) >= 11 is 0. The molecule has 3 amide bonds. The number of rotatable bonds is 3. The van der Waals surface area contributed by atoms with E-state index in [4.69, 9.17) is 5.11 Å². The Hall–Kier alpha value is -2.57. The van der Waals surface area contributed by atoms with Gasteiger partial charge in [-0.15, -0.1) is 0 Å². The molecule has 1 aliphatic rings. The molecule has 1 saturated heterocycles. The number of hydrogen-bond acceptors (Lipinski definition) is 3. The van der Waals surface area contributed by atoms with Crippen LogP contribution in [0.5, 0.6) is 0 Å². The fourth-order valence-corrected chi connectivity index (χ4v) is 2.13. The molecule has 3 N–H and O–H groups in total. The van der Waals surface area contributed by atoms with Crippen molar-refractivity contribution < 1.29 is 19.5 Å². The van der Waals surface area contributed by atoms with Crippen LogP contribution in [0.2, 0.25) is 0 Å². The molecular weight excluding hydrogens is 274 g/mol. The Balaban J connectivity index is 2.08. The van der Waals surface area contributed by atoms with E-state index in [-0.39, 0.29) is 18.9 Å². The number of urea groups is 1. The largest absolute Gasteiger partial charge is 0.481 e. The molecule has 0 aromatic heterocycles. The molecule has 1 fully saturated rings. The van der Waals surface area contributed by atoms with Crippen LogP contribution in [0.25, 0.3) is 0 Å². The summed E-state index contributed by atoms with van der Waals surface area (Å²) in [5, 5.41) is 14.2. The Morgan fingerprint density at radius 2 is 2.10 bits per heavy atom. The van der Waals surface area contributed by atoms with Crippen molar-refractivity contribution in [3.63, 3.8) is 0 Å². The molecule has 0 spiro atoms. The SMILES string of the molecule is O=C(O)Cc1ccccc1NC(=O)N1CCCNC(=O)C1. The first-order valence-electron chi connectivity index (χ1n) is 6.68. The number of amides is 3. The molecule has 112 valence electrons. The minimum Gasteiger partial charge on any atom is -0.481 e. The number of carbonyl (C=O) groups excluding carboxylic acids is 2. The Labute approximate surface area is 121 Å². The molecule has 1 aliphatic heterocycles. The summed E-state index contributed by atoms with van der Waals surface area (Å²) in [5.74, 6) is -1.16. The smallest absolute Gasteiger partial charge is 0.322 e. The maximum absolute atomic E-state index is 12.2. The third kappa shape index (κ3) is 4.20. The first-order chi connectivity index (χ1) is 10.1. The highest BCUT2D eigenvalue weighted by atomic mass is 16.4. The van der Waals surface area contributed by atoms with Crippen molar-refractivity contribution in [3.8, 4) is 0 Å². The van der Waals surface area contributed by atoms with E-state index >= 15 is 0 Å². The molecule has 0 aliphatic carbocycles. The average Bonchev–Trinajstić information content (AvgIpc) is 2.65. The lowest BCUT2D eigenvalue weighted by Gasteiger charge is -2.20. The van der Waals surface area contributed by atoms with Gasteiger partial charge in [-0.3, -0.25) is 9.59 Å². The molecule has 0 radical (unpaired) electrons. The molecule has 1 aromatic carbocycles. The molecule has 2 rings (SSSR count). The topological polar surface area (TPSA) is 98.7 Å². The molecule has 0 unspecified atom stereocenters. The number of nitrogens with one attached hydrogen (secondary N) is 2. The van der Waals surface area contributed by atoms with Gasteiger partial charge in [0.15, 0.2) is 0 Å². The number of aliphatic carboxylic acids is 1. The molecule has 7 heteroatoms. The number of benzene rings is 1. The molecule has 21 heavy (non-hydrogen) atoms. The highest BCUT2D eigenvalue weighted by Crippen LogP contribution is 2.16. The van der Waals surface area contributed by atoms with Crippen molar-refractivity contribution in [2.45, 2.75) is 12.8 Å². The molecule has 0 atom stereocenters. The van der Waals surface area contributed by atoms with Gasteiger partial charge < -0.3 is 20.6 Å². The summed E-state index contributed by atoms with van der Waals surface area (Å²) in [6, 6.07) is 6.33. The van der Waals surface area contributed by atoms with E-state index in [0.29, 0.717) is 30.8 Å². The lowest BCUT2D eigenvalue weighted by molar-refractivity contribution is -0.136. The van der Waals surface area contributed by atoms with E-state index in [0.717, 1.165) is 0 Å². The highest BCUT2D eigenvalue weighted by Gasteiger charge is 2.20. The number of hydrogen-bond donors (Lipinski definition) is 3. The quantitative estimate of drug-likeness (QED) is 0.762. The van der Waals surface area contributed by atoms with Crippen LogP contribution in [-0.4, -0.2) is 47.5 Å². The van der Waals surface area contributed by atoms with Crippen molar-refractivity contribution in [2.75, 3.05) is 25.0 Å². The average molecular weight is 291 g/mol. The van der Waals surface area contributed by atoms with Crippen LogP contribution in [0.15, 0.2) is 24.3 Å². The van der Waals surface area contributed by atoms with Crippen molar-refractivity contribution in [1.29, 1.82) is 0 Å². The fourth-order valence-electron chi connectivity index (χ4n) is 2.13. The summed E-state index contributed by atoms with van der Waals surface area (Å²) in [6.45, 7) is 1.04. The minimum atomic E-state index is -0.967. The molecular formula is C14H17N3O4. The van der Waals surface area contributed by atoms with Crippen LogP contribution in [0, 0.1) is 0 Å². The summed E-state index contributed by atoms with van der Waals surface area (Å²) < 4.78 is 0. The second kappa shape index (κ2) is 6.74. The van der Waals surface area contributed by atoms with Gasteiger partial charge in [-0.25, -0.2) is 4.79 Å². The molecule has 1 heterocycles. The van der Waals surface area contributed by atoms with Crippen molar-refractivity contribution >= 4 is 23.6 Å². The first-order valence-corrected chi connectivity index (χ1v) is 6.68. The summed E-state index contributed by atoms with van der Waals surface area (Å²) in [7, 11) is 0. The molecule has 0 saturated carbocycles. The zero-order valence-electron chi connectivity index (χ0n) is 11.5. The third-order valence-corrected chi connectivity index (χ3v) is 3.15. The van der Waals surface area contributed by atoms with Crippen LogP contribution < -0.4 is 10.6 Å². The lowest BCUT2D eigenvalue weighted by atomic mass is 10.1. The normalized spacial score (nSPS) is 15.0. The van der Waals surface area contributed by atoms with Gasteiger partial charge in [0.25, 0.3) is 0 Å². The van der Waals surface area contributed by atoms with Crippen LogP contribution >= 0.6 is 0 Å². The predicted molar refractivity (Wildman–Crippen MR) is 76.0 cm³/mol. The highest BCUT2D eigenvalue weighted by molar-refractivity contribution is 5.93. The van der Waals surface area contributed by atoms with E-state index in [1.165, 1.54) is 4.90 Å². The summed E-state index contributed by atoms with van der Waals surface area (Å²) in [6.07, 6.45) is 0.521. The van der Waals surface area contributed by atoms with Crippen LogP contribution in [0.4, 0.5) is 10.5 Å². The van der Waals surface area contributed by atoms with Crippen LogP contribution in [0.1, 0.15) is 12.0 Å². The van der Waals surface area contributed by atoms with E-state index < -0.39 is 12.0 Å². The van der Waals surface area contributed by atoms with Gasteiger partial charge in [0.1, 0.15) is 6.54 Å². The number of carboxylic acid groups (broad SMARTS) is 1. The van der Waals surface area contributed by atoms with E-state index in [9.17, 15) is 14.4 Å². The summed E-state index contributed by atoms with van der Waals surface area (Å²) in [4.78, 5) is 35.9. The van der Waals surface area contributed by atoms with Gasteiger partial charge in [-0.1, -0.05) is 18.2 Å². The number of carbonyl (C=O) groups is 3. The molecule has 0 bridgehead atoms. The fraction of sp³-hybridized carbons (Fsp3) is 0.357. The van der Waals surface area contributed by atoms with Crippen molar-refractivity contribution in [1.82, 2.24) is 10.2 Å². The van der Waals surface area contributed by atoms with Crippen LogP contribution in [-0.2, 0) is 16.0 Å². The number of anilines is 1. The number of para-hydroxylation sites is 1. The van der Waals surface area contributed by atoms with Gasteiger partial charge >= 0.3 is 12.0 Å². The zero-order chi connectivity index (χ0) is 15.2. The maximum atomic E-state index is 12.2. The van der Waals surface area contributed by atoms with E-state index in [1.807, 2.05) is 0 Å². The molecule has 1 aromatic rings. The Morgan fingerprint density at radius 3 is 2.86 bits per heavy atom. The Kier molecular flexibility index (Phi) is 4.76. The second-order valence-corrected chi connectivity index (χ2v) is 4.78.